The average molecular weight is 273 g/mol. The summed E-state index contributed by atoms with van der Waals surface area (Å²) in [6.07, 6.45) is 2.71. The number of rotatable bonds is 7. The lowest BCUT2D eigenvalue weighted by atomic mass is 9.90. The summed E-state index contributed by atoms with van der Waals surface area (Å²) in [7, 11) is 0. The zero-order valence-electron chi connectivity index (χ0n) is 10.4. The molecule has 1 aromatic rings. The highest BCUT2D eigenvalue weighted by molar-refractivity contribution is 8.00. The SMILES string of the molecule is CSc1ccc(CNCCC(C)(C)C(=O)O)s1. The van der Waals surface area contributed by atoms with Gasteiger partial charge < -0.3 is 10.4 Å². The molecule has 0 aromatic carbocycles. The minimum atomic E-state index is -0.736. The lowest BCUT2D eigenvalue weighted by molar-refractivity contribution is -0.147. The summed E-state index contributed by atoms with van der Waals surface area (Å²) in [5.41, 5.74) is -0.646. The van der Waals surface area contributed by atoms with Gasteiger partial charge in [-0.2, -0.15) is 0 Å². The van der Waals surface area contributed by atoms with E-state index in [1.807, 2.05) is 0 Å². The van der Waals surface area contributed by atoms with Crippen LogP contribution >= 0.6 is 23.1 Å². The van der Waals surface area contributed by atoms with E-state index in [4.69, 9.17) is 5.11 Å². The number of thioether (sulfide) groups is 1. The monoisotopic (exact) mass is 273 g/mol. The molecule has 0 saturated heterocycles. The Morgan fingerprint density at radius 3 is 2.76 bits per heavy atom. The average Bonchev–Trinajstić information content (AvgIpc) is 2.72. The maximum absolute atomic E-state index is 10.9. The summed E-state index contributed by atoms with van der Waals surface area (Å²) in [6.45, 7) is 5.06. The maximum atomic E-state index is 10.9. The van der Waals surface area contributed by atoms with E-state index in [0.717, 1.165) is 13.1 Å². The van der Waals surface area contributed by atoms with E-state index in [0.29, 0.717) is 6.42 Å². The molecule has 96 valence electrons. The molecule has 2 N–H and O–H groups in total. The molecule has 0 saturated carbocycles. The largest absolute Gasteiger partial charge is 0.481 e. The second-order valence-electron chi connectivity index (χ2n) is 4.54. The first-order valence-electron chi connectivity index (χ1n) is 5.52. The zero-order valence-corrected chi connectivity index (χ0v) is 12.1. The van der Waals surface area contributed by atoms with Crippen LogP contribution in [0.25, 0.3) is 0 Å². The molecule has 0 radical (unpaired) electrons. The molecule has 0 fully saturated rings. The van der Waals surface area contributed by atoms with Crippen molar-refractivity contribution in [2.45, 2.75) is 31.0 Å². The minimum absolute atomic E-state index is 0.642. The van der Waals surface area contributed by atoms with Crippen molar-refractivity contribution in [3.05, 3.63) is 17.0 Å². The van der Waals surface area contributed by atoms with Crippen LogP contribution in [0.4, 0.5) is 0 Å². The molecule has 3 nitrogen and oxygen atoms in total. The minimum Gasteiger partial charge on any atom is -0.481 e. The third-order valence-electron chi connectivity index (χ3n) is 2.64. The fraction of sp³-hybridized carbons (Fsp3) is 0.583. The van der Waals surface area contributed by atoms with E-state index in [2.05, 4.69) is 23.7 Å². The van der Waals surface area contributed by atoms with E-state index in [9.17, 15) is 4.79 Å². The van der Waals surface area contributed by atoms with Crippen LogP contribution in [0.3, 0.4) is 0 Å². The Hall–Kier alpha value is -0.520. The normalized spacial score (nSPS) is 11.7. The number of aliphatic carboxylic acids is 1. The lowest BCUT2D eigenvalue weighted by Crippen LogP contribution is -2.28. The highest BCUT2D eigenvalue weighted by atomic mass is 32.2. The second kappa shape index (κ2) is 6.42. The summed E-state index contributed by atoms with van der Waals surface area (Å²) in [4.78, 5) is 12.2. The Morgan fingerprint density at radius 2 is 2.24 bits per heavy atom. The van der Waals surface area contributed by atoms with Gasteiger partial charge in [-0.1, -0.05) is 0 Å². The van der Waals surface area contributed by atoms with E-state index in [1.165, 1.54) is 9.09 Å². The first-order chi connectivity index (χ1) is 7.95. The van der Waals surface area contributed by atoms with Crippen molar-refractivity contribution in [1.82, 2.24) is 5.32 Å². The summed E-state index contributed by atoms with van der Waals surface area (Å²) < 4.78 is 1.31. The molecule has 5 heteroatoms. The number of carboxylic acid groups (broad SMARTS) is 1. The molecule has 1 aromatic heterocycles. The molecular formula is C12H19NO2S2. The molecule has 1 rings (SSSR count). The van der Waals surface area contributed by atoms with Crippen LogP contribution in [0.15, 0.2) is 16.3 Å². The van der Waals surface area contributed by atoms with Gasteiger partial charge >= 0.3 is 5.97 Å². The number of hydrogen-bond acceptors (Lipinski definition) is 4. The first-order valence-corrected chi connectivity index (χ1v) is 7.56. The van der Waals surface area contributed by atoms with Crippen molar-refractivity contribution in [2.75, 3.05) is 12.8 Å². The molecule has 0 spiro atoms. The fourth-order valence-electron chi connectivity index (χ4n) is 1.28. The van der Waals surface area contributed by atoms with Crippen LogP contribution in [0.2, 0.25) is 0 Å². The molecule has 0 aliphatic rings. The predicted molar refractivity (Wildman–Crippen MR) is 73.8 cm³/mol. The van der Waals surface area contributed by atoms with Gasteiger partial charge in [0.2, 0.25) is 0 Å². The number of carboxylic acids is 1. The molecule has 1 heterocycles. The van der Waals surface area contributed by atoms with Gasteiger partial charge in [-0.3, -0.25) is 4.79 Å². The number of nitrogens with one attached hydrogen (secondary N) is 1. The van der Waals surface area contributed by atoms with Crippen molar-refractivity contribution < 1.29 is 9.90 Å². The molecule has 0 atom stereocenters. The van der Waals surface area contributed by atoms with Gasteiger partial charge in [-0.05, 0) is 45.2 Å². The zero-order chi connectivity index (χ0) is 12.9. The lowest BCUT2D eigenvalue weighted by Gasteiger charge is -2.18. The Bertz CT molecular complexity index is 374. The number of thiophene rings is 1. The molecule has 0 aliphatic heterocycles. The second-order valence-corrected chi connectivity index (χ2v) is 6.82. The standard InChI is InChI=1S/C12H19NO2S2/c1-12(2,11(14)15)6-7-13-8-9-4-5-10(16-3)17-9/h4-5,13H,6-8H2,1-3H3,(H,14,15). The van der Waals surface area contributed by atoms with Crippen LogP contribution < -0.4 is 5.32 Å². The highest BCUT2D eigenvalue weighted by Crippen LogP contribution is 2.25. The topological polar surface area (TPSA) is 49.3 Å². The van der Waals surface area contributed by atoms with Gasteiger partial charge in [0.15, 0.2) is 0 Å². The van der Waals surface area contributed by atoms with Crippen LogP contribution in [0.5, 0.6) is 0 Å². The molecular weight excluding hydrogens is 254 g/mol. The molecule has 0 bridgehead atoms. The maximum Gasteiger partial charge on any atom is 0.309 e. The van der Waals surface area contributed by atoms with Gasteiger partial charge in [0.1, 0.15) is 0 Å². The Labute approximate surface area is 111 Å². The Balaban J connectivity index is 2.27. The van der Waals surface area contributed by atoms with Crippen molar-refractivity contribution in [3.8, 4) is 0 Å². The van der Waals surface area contributed by atoms with Crippen molar-refractivity contribution >= 4 is 29.1 Å². The molecule has 0 aliphatic carbocycles. The van der Waals surface area contributed by atoms with E-state index >= 15 is 0 Å². The van der Waals surface area contributed by atoms with Crippen molar-refractivity contribution in [1.29, 1.82) is 0 Å². The first kappa shape index (κ1) is 14.5. The van der Waals surface area contributed by atoms with E-state index in [-0.39, 0.29) is 0 Å². The summed E-state index contributed by atoms with van der Waals surface area (Å²) in [5.74, 6) is -0.736. The van der Waals surface area contributed by atoms with Crippen LogP contribution in [-0.4, -0.2) is 23.9 Å². The smallest absolute Gasteiger partial charge is 0.309 e. The Morgan fingerprint density at radius 1 is 1.53 bits per heavy atom. The quantitative estimate of drug-likeness (QED) is 0.592. The summed E-state index contributed by atoms with van der Waals surface area (Å²) in [5, 5.41) is 12.3. The van der Waals surface area contributed by atoms with Crippen molar-refractivity contribution in [2.24, 2.45) is 5.41 Å². The third-order valence-corrected chi connectivity index (χ3v) is 4.81. The van der Waals surface area contributed by atoms with Gasteiger partial charge in [0.05, 0.1) is 9.62 Å². The van der Waals surface area contributed by atoms with Gasteiger partial charge in [-0.25, -0.2) is 0 Å². The number of carbonyl (C=O) groups is 1. The molecule has 17 heavy (non-hydrogen) atoms. The van der Waals surface area contributed by atoms with E-state index in [1.54, 1.807) is 36.9 Å². The van der Waals surface area contributed by atoms with Gasteiger partial charge in [-0.15, -0.1) is 23.1 Å². The van der Waals surface area contributed by atoms with Crippen LogP contribution in [0, 0.1) is 5.41 Å². The van der Waals surface area contributed by atoms with Crippen LogP contribution in [0.1, 0.15) is 25.1 Å². The highest BCUT2D eigenvalue weighted by Gasteiger charge is 2.25. The fourth-order valence-corrected chi connectivity index (χ4v) is 2.85. The molecule has 0 unspecified atom stereocenters. The van der Waals surface area contributed by atoms with E-state index < -0.39 is 11.4 Å². The van der Waals surface area contributed by atoms with Gasteiger partial charge in [0, 0.05) is 11.4 Å². The third kappa shape index (κ3) is 4.69. The number of hydrogen-bond donors (Lipinski definition) is 2. The van der Waals surface area contributed by atoms with Crippen molar-refractivity contribution in [3.63, 3.8) is 0 Å². The predicted octanol–water partition coefficient (Wildman–Crippen LogP) is 3.06. The Kier molecular flexibility index (Phi) is 5.49. The summed E-state index contributed by atoms with van der Waals surface area (Å²) in [6, 6.07) is 4.24. The van der Waals surface area contributed by atoms with Gasteiger partial charge in [0.25, 0.3) is 0 Å². The molecule has 0 amide bonds. The summed E-state index contributed by atoms with van der Waals surface area (Å²) >= 11 is 3.53. The van der Waals surface area contributed by atoms with Crippen LogP contribution in [-0.2, 0) is 11.3 Å².